The Morgan fingerprint density at radius 2 is 1.86 bits per heavy atom. The third-order valence-corrected chi connectivity index (χ3v) is 3.15. The maximum absolute atomic E-state index is 11.9. The number of allylic oxidation sites excluding steroid dienone is 1. The molecule has 106 valence electrons. The van der Waals surface area contributed by atoms with Crippen molar-refractivity contribution in [2.24, 2.45) is 5.10 Å². The van der Waals surface area contributed by atoms with Gasteiger partial charge in [-0.1, -0.05) is 59.6 Å². The molecule has 0 aliphatic carbocycles. The number of hydrogen-bond donors (Lipinski definition) is 1. The molecule has 0 aromatic heterocycles. The fourth-order valence-electron chi connectivity index (χ4n) is 1.59. The van der Waals surface area contributed by atoms with Gasteiger partial charge in [0.2, 0.25) is 0 Å². The van der Waals surface area contributed by atoms with E-state index in [1.165, 1.54) is 12.3 Å². The average molecular weight is 319 g/mol. The molecule has 0 radical (unpaired) electrons. The fourth-order valence-corrected chi connectivity index (χ4v) is 1.96. The van der Waals surface area contributed by atoms with E-state index in [-0.39, 0.29) is 5.56 Å². The first-order chi connectivity index (χ1) is 10.2. The first-order valence-electron chi connectivity index (χ1n) is 6.17. The summed E-state index contributed by atoms with van der Waals surface area (Å²) in [5, 5.41) is 4.59. The Balaban J connectivity index is 1.93. The Kier molecular flexibility index (Phi) is 5.55. The summed E-state index contributed by atoms with van der Waals surface area (Å²) < 4.78 is 0. The predicted octanol–water partition coefficient (Wildman–Crippen LogP) is 4.42. The van der Waals surface area contributed by atoms with Crippen LogP contribution in [-0.2, 0) is 0 Å². The lowest BCUT2D eigenvalue weighted by Gasteiger charge is -2.02. The van der Waals surface area contributed by atoms with Crippen molar-refractivity contribution in [1.82, 2.24) is 5.43 Å². The molecule has 5 heteroatoms. The lowest BCUT2D eigenvalue weighted by molar-refractivity contribution is 0.0955. The minimum atomic E-state index is -0.410. The van der Waals surface area contributed by atoms with Crippen LogP contribution >= 0.6 is 23.2 Å². The highest BCUT2D eigenvalue weighted by Crippen LogP contribution is 2.20. The minimum Gasteiger partial charge on any atom is -0.267 e. The van der Waals surface area contributed by atoms with Gasteiger partial charge in [-0.05, 0) is 29.8 Å². The van der Waals surface area contributed by atoms with Gasteiger partial charge in [-0.15, -0.1) is 0 Å². The summed E-state index contributed by atoms with van der Waals surface area (Å²) in [6.45, 7) is 0. The molecule has 0 spiro atoms. The van der Waals surface area contributed by atoms with E-state index in [1.54, 1.807) is 18.2 Å². The summed E-state index contributed by atoms with van der Waals surface area (Å²) in [6, 6.07) is 14.4. The van der Waals surface area contributed by atoms with Crippen molar-refractivity contribution in [3.05, 3.63) is 75.8 Å². The number of benzene rings is 2. The number of hydrazone groups is 1. The van der Waals surface area contributed by atoms with Crippen LogP contribution in [-0.4, -0.2) is 12.1 Å². The lowest BCUT2D eigenvalue weighted by Crippen LogP contribution is -2.17. The van der Waals surface area contributed by atoms with E-state index >= 15 is 0 Å². The van der Waals surface area contributed by atoms with E-state index in [1.807, 2.05) is 36.4 Å². The van der Waals surface area contributed by atoms with Crippen molar-refractivity contribution in [3.8, 4) is 0 Å². The highest BCUT2D eigenvalue weighted by molar-refractivity contribution is 6.35. The van der Waals surface area contributed by atoms with E-state index in [4.69, 9.17) is 23.2 Å². The molecule has 1 amide bonds. The number of nitrogens with zero attached hydrogens (tertiary/aromatic N) is 1. The van der Waals surface area contributed by atoms with Crippen LogP contribution in [0.15, 0.2) is 59.7 Å². The Labute approximate surface area is 132 Å². The van der Waals surface area contributed by atoms with E-state index < -0.39 is 5.91 Å². The van der Waals surface area contributed by atoms with Crippen LogP contribution in [0.4, 0.5) is 0 Å². The normalized spacial score (nSPS) is 11.1. The van der Waals surface area contributed by atoms with Crippen LogP contribution in [0.25, 0.3) is 6.08 Å². The SMILES string of the molecule is O=C(N/N=C\C=C\c1ccccc1)c1cc(Cl)ccc1Cl. The number of carbonyl (C=O) groups excluding carboxylic acids is 1. The molecule has 0 unspecified atom stereocenters. The quantitative estimate of drug-likeness (QED) is 0.658. The van der Waals surface area contributed by atoms with Crippen molar-refractivity contribution < 1.29 is 4.79 Å². The molecule has 0 heterocycles. The van der Waals surface area contributed by atoms with Crippen LogP contribution in [0.5, 0.6) is 0 Å². The number of hydrogen-bond acceptors (Lipinski definition) is 2. The molecule has 3 nitrogen and oxygen atoms in total. The molecule has 0 bridgehead atoms. The molecule has 0 aliphatic rings. The van der Waals surface area contributed by atoms with Gasteiger partial charge >= 0.3 is 0 Å². The second-order valence-corrected chi connectivity index (χ2v) is 4.96. The maximum Gasteiger partial charge on any atom is 0.272 e. The van der Waals surface area contributed by atoms with Crippen LogP contribution in [0.1, 0.15) is 15.9 Å². The zero-order chi connectivity index (χ0) is 15.1. The van der Waals surface area contributed by atoms with Crippen LogP contribution in [0, 0.1) is 0 Å². The molecule has 0 atom stereocenters. The van der Waals surface area contributed by atoms with Crippen LogP contribution < -0.4 is 5.43 Å². The van der Waals surface area contributed by atoms with Gasteiger partial charge in [0.15, 0.2) is 0 Å². The summed E-state index contributed by atoms with van der Waals surface area (Å²) in [5.41, 5.74) is 3.72. The molecule has 2 rings (SSSR count). The number of amides is 1. The zero-order valence-electron chi connectivity index (χ0n) is 11.0. The van der Waals surface area contributed by atoms with Gasteiger partial charge in [0.1, 0.15) is 0 Å². The summed E-state index contributed by atoms with van der Waals surface area (Å²) in [7, 11) is 0. The van der Waals surface area contributed by atoms with Crippen molar-refractivity contribution in [2.45, 2.75) is 0 Å². The van der Waals surface area contributed by atoms with Gasteiger partial charge in [-0.2, -0.15) is 5.10 Å². The van der Waals surface area contributed by atoms with E-state index in [0.717, 1.165) is 5.56 Å². The second-order valence-electron chi connectivity index (χ2n) is 4.11. The smallest absolute Gasteiger partial charge is 0.267 e. The summed E-state index contributed by atoms with van der Waals surface area (Å²) in [5.74, 6) is -0.410. The second kappa shape index (κ2) is 7.62. The van der Waals surface area contributed by atoms with Crippen molar-refractivity contribution in [1.29, 1.82) is 0 Å². The molecule has 0 aliphatic heterocycles. The number of halogens is 2. The molecule has 0 saturated heterocycles. The maximum atomic E-state index is 11.9. The molecule has 21 heavy (non-hydrogen) atoms. The topological polar surface area (TPSA) is 41.5 Å². The van der Waals surface area contributed by atoms with Gasteiger partial charge in [0.05, 0.1) is 10.6 Å². The number of rotatable bonds is 4. The van der Waals surface area contributed by atoms with Gasteiger partial charge in [0.25, 0.3) is 5.91 Å². The standard InChI is InChI=1S/C16H12Cl2N2O/c17-13-8-9-15(18)14(11-13)16(21)20-19-10-4-7-12-5-2-1-3-6-12/h1-11H,(H,20,21)/b7-4+,19-10-. The fraction of sp³-hybridized carbons (Fsp3) is 0. The third kappa shape index (κ3) is 4.74. The van der Waals surface area contributed by atoms with Crippen molar-refractivity contribution in [2.75, 3.05) is 0 Å². The molecule has 2 aromatic carbocycles. The monoisotopic (exact) mass is 318 g/mol. The number of nitrogens with one attached hydrogen (secondary N) is 1. The van der Waals surface area contributed by atoms with E-state index in [0.29, 0.717) is 10.0 Å². The first-order valence-corrected chi connectivity index (χ1v) is 6.92. The van der Waals surface area contributed by atoms with Gasteiger partial charge < -0.3 is 0 Å². The Morgan fingerprint density at radius 3 is 2.62 bits per heavy atom. The van der Waals surface area contributed by atoms with Crippen LogP contribution in [0.3, 0.4) is 0 Å². The summed E-state index contributed by atoms with van der Waals surface area (Å²) in [6.07, 6.45) is 5.10. The Bertz CT molecular complexity index is 682. The third-order valence-electron chi connectivity index (χ3n) is 2.59. The van der Waals surface area contributed by atoms with Crippen molar-refractivity contribution in [3.63, 3.8) is 0 Å². The lowest BCUT2D eigenvalue weighted by atomic mass is 10.2. The molecule has 1 N–H and O–H groups in total. The van der Waals surface area contributed by atoms with Crippen LogP contribution in [0.2, 0.25) is 10.0 Å². The molecule has 0 fully saturated rings. The minimum absolute atomic E-state index is 0.286. The summed E-state index contributed by atoms with van der Waals surface area (Å²) >= 11 is 11.8. The Morgan fingerprint density at radius 1 is 1.10 bits per heavy atom. The highest BCUT2D eigenvalue weighted by Gasteiger charge is 2.09. The molecule has 2 aromatic rings. The van der Waals surface area contributed by atoms with Gasteiger partial charge in [-0.3, -0.25) is 4.79 Å². The van der Waals surface area contributed by atoms with Gasteiger partial charge in [0, 0.05) is 11.2 Å². The average Bonchev–Trinajstić information content (AvgIpc) is 2.50. The first kappa shape index (κ1) is 15.3. The molecular formula is C16H12Cl2N2O. The molecule has 0 saturated carbocycles. The highest BCUT2D eigenvalue weighted by atomic mass is 35.5. The molecular weight excluding hydrogens is 307 g/mol. The summed E-state index contributed by atoms with van der Waals surface area (Å²) in [4.78, 5) is 11.9. The largest absolute Gasteiger partial charge is 0.272 e. The Hall–Kier alpha value is -2.10. The number of carbonyl (C=O) groups is 1. The predicted molar refractivity (Wildman–Crippen MR) is 87.9 cm³/mol. The zero-order valence-corrected chi connectivity index (χ0v) is 12.5. The van der Waals surface area contributed by atoms with E-state index in [2.05, 4.69) is 10.5 Å². The van der Waals surface area contributed by atoms with E-state index in [9.17, 15) is 4.79 Å². The van der Waals surface area contributed by atoms with Gasteiger partial charge in [-0.25, -0.2) is 5.43 Å². The van der Waals surface area contributed by atoms with Crippen molar-refractivity contribution >= 4 is 41.4 Å².